The number of aromatic nitrogens is 6. The maximum atomic E-state index is 10.6. The van der Waals surface area contributed by atoms with Crippen LogP contribution in [0.5, 0.6) is 0 Å². The second kappa shape index (κ2) is 5.27. The Morgan fingerprint density at radius 2 is 2.18 bits per heavy atom. The van der Waals surface area contributed by atoms with Crippen LogP contribution in [0, 0.1) is 10.1 Å². The molecule has 0 saturated carbocycles. The van der Waals surface area contributed by atoms with Gasteiger partial charge in [-0.2, -0.15) is 10.2 Å². The smallest absolute Gasteiger partial charge is 0.306 e. The van der Waals surface area contributed by atoms with E-state index in [1.54, 1.807) is 11.7 Å². The molecular formula is C11H12N8O3. The molecule has 3 rings (SSSR count). The normalized spacial score (nSPS) is 11.0. The minimum absolute atomic E-state index is 0.0612. The van der Waals surface area contributed by atoms with Gasteiger partial charge >= 0.3 is 5.69 Å². The Labute approximate surface area is 123 Å². The fraction of sp³-hybridized carbons (Fsp3) is 0.273. The van der Waals surface area contributed by atoms with E-state index < -0.39 is 4.92 Å². The molecule has 0 aliphatic rings. The van der Waals surface area contributed by atoms with Crippen molar-refractivity contribution in [2.24, 2.45) is 7.05 Å². The van der Waals surface area contributed by atoms with Gasteiger partial charge < -0.3 is 10.2 Å². The second-order valence-electron chi connectivity index (χ2n) is 4.54. The third kappa shape index (κ3) is 2.51. The average Bonchev–Trinajstić information content (AvgIpc) is 3.17. The summed E-state index contributed by atoms with van der Waals surface area (Å²) in [5.74, 6) is 0.660. The van der Waals surface area contributed by atoms with Gasteiger partial charge in [-0.15, -0.1) is 10.2 Å². The van der Waals surface area contributed by atoms with Gasteiger partial charge in [0.1, 0.15) is 18.1 Å². The summed E-state index contributed by atoms with van der Waals surface area (Å²) in [4.78, 5) is 10.1. The minimum Gasteiger partial charge on any atom is -0.419 e. The molecule has 2 N–H and O–H groups in total. The van der Waals surface area contributed by atoms with Gasteiger partial charge in [0.25, 0.3) is 5.89 Å². The summed E-state index contributed by atoms with van der Waals surface area (Å²) < 4.78 is 8.52. The molecule has 0 atom stereocenters. The zero-order valence-corrected chi connectivity index (χ0v) is 11.6. The van der Waals surface area contributed by atoms with E-state index in [0.29, 0.717) is 30.2 Å². The standard InChI is InChI=1S/C11H12N8O3/c1-17-10(8(12)5-13-17)11-16-15-9(22-11)2-3-18-6-7(4-14-18)19(20)21/h4-6H,2-3,12H2,1H3. The lowest BCUT2D eigenvalue weighted by molar-refractivity contribution is -0.385. The van der Waals surface area contributed by atoms with Crippen LogP contribution < -0.4 is 5.73 Å². The molecule has 22 heavy (non-hydrogen) atoms. The lowest BCUT2D eigenvalue weighted by Crippen LogP contribution is -2.01. The number of nitrogen functional groups attached to an aromatic ring is 1. The topological polar surface area (TPSA) is 144 Å². The van der Waals surface area contributed by atoms with Gasteiger partial charge in [0.2, 0.25) is 5.89 Å². The summed E-state index contributed by atoms with van der Waals surface area (Å²) in [7, 11) is 1.72. The molecule has 11 heteroatoms. The Morgan fingerprint density at radius 1 is 1.36 bits per heavy atom. The number of nitrogens with two attached hydrogens (primary N) is 1. The van der Waals surface area contributed by atoms with Crippen LogP contribution in [0.3, 0.4) is 0 Å². The fourth-order valence-corrected chi connectivity index (χ4v) is 1.95. The fourth-order valence-electron chi connectivity index (χ4n) is 1.95. The largest absolute Gasteiger partial charge is 0.419 e. The predicted molar refractivity (Wildman–Crippen MR) is 73.5 cm³/mol. The Kier molecular flexibility index (Phi) is 3.29. The molecule has 0 bridgehead atoms. The first kappa shape index (κ1) is 13.7. The first-order valence-electron chi connectivity index (χ1n) is 6.31. The van der Waals surface area contributed by atoms with E-state index in [1.807, 2.05) is 0 Å². The molecule has 0 saturated heterocycles. The highest BCUT2D eigenvalue weighted by molar-refractivity contribution is 5.65. The van der Waals surface area contributed by atoms with Crippen LogP contribution >= 0.6 is 0 Å². The molecule has 0 fully saturated rings. The van der Waals surface area contributed by atoms with Crippen LogP contribution in [0.15, 0.2) is 23.0 Å². The van der Waals surface area contributed by atoms with Gasteiger partial charge in [-0.1, -0.05) is 0 Å². The van der Waals surface area contributed by atoms with E-state index in [4.69, 9.17) is 10.2 Å². The zero-order chi connectivity index (χ0) is 15.7. The first-order chi connectivity index (χ1) is 10.5. The van der Waals surface area contributed by atoms with Gasteiger partial charge in [-0.3, -0.25) is 19.5 Å². The van der Waals surface area contributed by atoms with Gasteiger partial charge in [0.15, 0.2) is 0 Å². The lowest BCUT2D eigenvalue weighted by atomic mass is 10.4. The number of rotatable bonds is 5. The van der Waals surface area contributed by atoms with E-state index >= 15 is 0 Å². The van der Waals surface area contributed by atoms with Crippen LogP contribution in [-0.2, 0) is 20.0 Å². The van der Waals surface area contributed by atoms with Crippen molar-refractivity contribution in [3.8, 4) is 11.6 Å². The highest BCUT2D eigenvalue weighted by Gasteiger charge is 2.16. The maximum absolute atomic E-state index is 10.6. The highest BCUT2D eigenvalue weighted by atomic mass is 16.6. The average molecular weight is 304 g/mol. The van der Waals surface area contributed by atoms with Crippen molar-refractivity contribution in [1.29, 1.82) is 0 Å². The van der Waals surface area contributed by atoms with Crippen LogP contribution in [0.25, 0.3) is 11.6 Å². The number of hydrogen-bond acceptors (Lipinski definition) is 8. The molecule has 0 aromatic carbocycles. The van der Waals surface area contributed by atoms with Gasteiger partial charge in [-0.05, 0) is 0 Å². The van der Waals surface area contributed by atoms with Crippen molar-refractivity contribution < 1.29 is 9.34 Å². The molecule has 0 radical (unpaired) electrons. The molecular weight excluding hydrogens is 292 g/mol. The van der Waals surface area contributed by atoms with E-state index in [0.717, 1.165) is 0 Å². The molecule has 3 heterocycles. The van der Waals surface area contributed by atoms with Gasteiger partial charge in [0, 0.05) is 20.0 Å². The van der Waals surface area contributed by atoms with Crippen LogP contribution in [0.4, 0.5) is 11.4 Å². The number of nitrogens with zero attached hydrogens (tertiary/aromatic N) is 7. The van der Waals surface area contributed by atoms with Crippen molar-refractivity contribution in [3.63, 3.8) is 0 Å². The molecule has 0 aliphatic carbocycles. The maximum Gasteiger partial charge on any atom is 0.306 e. The Hall–Kier alpha value is -3.24. The summed E-state index contributed by atoms with van der Waals surface area (Å²) in [6.45, 7) is 0.385. The molecule has 0 spiro atoms. The second-order valence-corrected chi connectivity index (χ2v) is 4.54. The molecule has 0 unspecified atom stereocenters. The number of nitro groups is 1. The molecule has 0 amide bonds. The van der Waals surface area contributed by atoms with E-state index in [9.17, 15) is 10.1 Å². The van der Waals surface area contributed by atoms with Gasteiger partial charge in [-0.25, -0.2) is 0 Å². The third-order valence-corrected chi connectivity index (χ3v) is 3.02. The Bertz CT molecular complexity index is 798. The summed E-state index contributed by atoms with van der Waals surface area (Å²) >= 11 is 0. The summed E-state index contributed by atoms with van der Waals surface area (Å²) in [6, 6.07) is 0. The van der Waals surface area contributed by atoms with Crippen LogP contribution in [-0.4, -0.2) is 34.7 Å². The summed E-state index contributed by atoms with van der Waals surface area (Å²) in [6.07, 6.45) is 4.43. The zero-order valence-electron chi connectivity index (χ0n) is 11.6. The van der Waals surface area contributed by atoms with E-state index in [-0.39, 0.29) is 11.6 Å². The van der Waals surface area contributed by atoms with Crippen molar-refractivity contribution in [2.75, 3.05) is 5.73 Å². The summed E-state index contributed by atoms with van der Waals surface area (Å²) in [5.41, 5.74) is 6.72. The molecule has 3 aromatic heterocycles. The highest BCUT2D eigenvalue weighted by Crippen LogP contribution is 2.23. The monoisotopic (exact) mass is 304 g/mol. The predicted octanol–water partition coefficient (Wildman–Crippen LogP) is 0.400. The van der Waals surface area contributed by atoms with Crippen LogP contribution in [0.2, 0.25) is 0 Å². The summed E-state index contributed by atoms with van der Waals surface area (Å²) in [5, 5.41) is 26.3. The Morgan fingerprint density at radius 3 is 2.82 bits per heavy atom. The van der Waals surface area contributed by atoms with Crippen LogP contribution in [0.1, 0.15) is 5.89 Å². The molecule has 0 aliphatic heterocycles. The van der Waals surface area contributed by atoms with E-state index in [1.165, 1.54) is 23.3 Å². The SMILES string of the molecule is Cn1ncc(N)c1-c1nnc(CCn2cc([N+](=O)[O-])cn2)o1. The number of anilines is 1. The van der Waals surface area contributed by atoms with Crippen molar-refractivity contribution in [3.05, 3.63) is 34.6 Å². The molecule has 114 valence electrons. The quantitative estimate of drug-likeness (QED) is 0.526. The van der Waals surface area contributed by atoms with Crippen molar-refractivity contribution in [1.82, 2.24) is 29.8 Å². The van der Waals surface area contributed by atoms with E-state index in [2.05, 4.69) is 20.4 Å². The minimum atomic E-state index is -0.501. The lowest BCUT2D eigenvalue weighted by Gasteiger charge is -1.97. The molecule has 11 nitrogen and oxygen atoms in total. The molecule has 3 aromatic rings. The van der Waals surface area contributed by atoms with Crippen molar-refractivity contribution in [2.45, 2.75) is 13.0 Å². The van der Waals surface area contributed by atoms with Crippen molar-refractivity contribution >= 4 is 11.4 Å². The van der Waals surface area contributed by atoms with Gasteiger partial charge in [0.05, 0.1) is 16.8 Å². The number of aryl methyl sites for hydroxylation is 3. The number of hydrogen-bond donors (Lipinski definition) is 1. The third-order valence-electron chi connectivity index (χ3n) is 3.02. The first-order valence-corrected chi connectivity index (χ1v) is 6.31. The Balaban J connectivity index is 1.70.